The predicted molar refractivity (Wildman–Crippen MR) is 108 cm³/mol. The number of benzene rings is 1. The van der Waals surface area contributed by atoms with Crippen molar-refractivity contribution in [2.45, 2.75) is 20.8 Å². The van der Waals surface area contributed by atoms with Gasteiger partial charge in [0.05, 0.1) is 23.7 Å². The second kappa shape index (κ2) is 7.23. The SMILES string of the molecule is COc1ccc2ncnc(Oc3cc(C)c(C)nc3-c3ccc(C)cn3)c2c1. The minimum atomic E-state index is 0.447. The Morgan fingerprint density at radius 2 is 1.75 bits per heavy atom. The topological polar surface area (TPSA) is 70.0 Å². The molecule has 0 aliphatic carbocycles. The Hall–Kier alpha value is -3.54. The maximum absolute atomic E-state index is 6.23. The van der Waals surface area contributed by atoms with Crippen LogP contribution in [0.1, 0.15) is 16.8 Å². The van der Waals surface area contributed by atoms with Gasteiger partial charge in [-0.25, -0.2) is 15.0 Å². The van der Waals surface area contributed by atoms with Crippen LogP contribution in [0.3, 0.4) is 0 Å². The fraction of sp³-hybridized carbons (Fsp3) is 0.182. The number of methoxy groups -OCH3 is 1. The van der Waals surface area contributed by atoms with Gasteiger partial charge >= 0.3 is 0 Å². The maximum Gasteiger partial charge on any atom is 0.230 e. The number of aromatic nitrogens is 4. The molecule has 0 saturated heterocycles. The molecule has 0 unspecified atom stereocenters. The van der Waals surface area contributed by atoms with E-state index in [1.165, 1.54) is 6.33 Å². The molecule has 0 spiro atoms. The van der Waals surface area contributed by atoms with Crippen LogP contribution in [0.5, 0.6) is 17.4 Å². The molecule has 4 aromatic rings. The Morgan fingerprint density at radius 3 is 2.50 bits per heavy atom. The van der Waals surface area contributed by atoms with Crippen LogP contribution in [0.2, 0.25) is 0 Å². The number of aryl methyl sites for hydroxylation is 3. The Balaban J connectivity index is 1.85. The molecule has 28 heavy (non-hydrogen) atoms. The molecule has 0 amide bonds. The molecule has 0 atom stereocenters. The molecule has 0 aliphatic rings. The van der Waals surface area contributed by atoms with Crippen molar-refractivity contribution >= 4 is 10.9 Å². The summed E-state index contributed by atoms with van der Waals surface area (Å²) in [5.41, 5.74) is 5.25. The summed E-state index contributed by atoms with van der Waals surface area (Å²) < 4.78 is 11.6. The second-order valence-electron chi connectivity index (χ2n) is 6.62. The van der Waals surface area contributed by atoms with Crippen LogP contribution in [0, 0.1) is 20.8 Å². The largest absolute Gasteiger partial charge is 0.497 e. The zero-order chi connectivity index (χ0) is 19.7. The van der Waals surface area contributed by atoms with E-state index in [9.17, 15) is 0 Å². The average Bonchev–Trinajstić information content (AvgIpc) is 2.71. The van der Waals surface area contributed by atoms with Crippen molar-refractivity contribution in [3.63, 3.8) is 0 Å². The first-order valence-electron chi connectivity index (χ1n) is 8.93. The fourth-order valence-electron chi connectivity index (χ4n) is 2.87. The minimum absolute atomic E-state index is 0.447. The molecule has 0 saturated carbocycles. The summed E-state index contributed by atoms with van der Waals surface area (Å²) >= 11 is 0. The normalized spacial score (nSPS) is 10.9. The highest BCUT2D eigenvalue weighted by atomic mass is 16.5. The average molecular weight is 372 g/mol. The number of hydrogen-bond acceptors (Lipinski definition) is 6. The predicted octanol–water partition coefficient (Wildman–Crippen LogP) is 4.81. The lowest BCUT2D eigenvalue weighted by Crippen LogP contribution is -1.99. The summed E-state index contributed by atoms with van der Waals surface area (Å²) in [5, 5.41) is 0.767. The molecule has 6 heteroatoms. The van der Waals surface area contributed by atoms with E-state index >= 15 is 0 Å². The summed E-state index contributed by atoms with van der Waals surface area (Å²) in [6.07, 6.45) is 3.31. The smallest absolute Gasteiger partial charge is 0.230 e. The Kier molecular flexibility index (Phi) is 4.61. The number of nitrogens with zero attached hydrogens (tertiary/aromatic N) is 4. The number of hydrogen-bond donors (Lipinski definition) is 0. The molecular formula is C22H20N4O2. The molecule has 140 valence electrons. The van der Waals surface area contributed by atoms with Crippen molar-refractivity contribution in [1.82, 2.24) is 19.9 Å². The van der Waals surface area contributed by atoms with Crippen molar-refractivity contribution < 1.29 is 9.47 Å². The molecule has 3 aromatic heterocycles. The molecule has 1 aromatic carbocycles. The minimum Gasteiger partial charge on any atom is -0.497 e. The van der Waals surface area contributed by atoms with Gasteiger partial charge in [-0.05, 0) is 62.2 Å². The van der Waals surface area contributed by atoms with Crippen molar-refractivity contribution in [2.75, 3.05) is 7.11 Å². The van der Waals surface area contributed by atoms with Gasteiger partial charge in [0.1, 0.15) is 17.8 Å². The van der Waals surface area contributed by atoms with E-state index in [-0.39, 0.29) is 0 Å². The Bertz CT molecular complexity index is 1160. The van der Waals surface area contributed by atoms with E-state index in [2.05, 4.69) is 15.0 Å². The lowest BCUT2D eigenvalue weighted by Gasteiger charge is -2.13. The molecule has 0 aliphatic heterocycles. The third-order valence-electron chi connectivity index (χ3n) is 4.60. The fourth-order valence-corrected chi connectivity index (χ4v) is 2.87. The van der Waals surface area contributed by atoms with Gasteiger partial charge < -0.3 is 9.47 Å². The summed E-state index contributed by atoms with van der Waals surface area (Å²) in [4.78, 5) is 17.9. The number of pyridine rings is 2. The molecule has 0 bridgehead atoms. The van der Waals surface area contributed by atoms with Crippen molar-refractivity contribution in [3.8, 4) is 28.8 Å². The third-order valence-corrected chi connectivity index (χ3v) is 4.60. The molecule has 6 nitrogen and oxygen atoms in total. The zero-order valence-corrected chi connectivity index (χ0v) is 16.2. The van der Waals surface area contributed by atoms with Gasteiger partial charge in [0.25, 0.3) is 0 Å². The number of rotatable bonds is 4. The van der Waals surface area contributed by atoms with Crippen LogP contribution in [0.15, 0.2) is 48.9 Å². The van der Waals surface area contributed by atoms with Gasteiger partial charge in [-0.3, -0.25) is 4.98 Å². The highest BCUT2D eigenvalue weighted by molar-refractivity contribution is 5.85. The zero-order valence-electron chi connectivity index (χ0n) is 16.2. The first kappa shape index (κ1) is 17.9. The molecule has 3 heterocycles. The number of ether oxygens (including phenoxy) is 2. The van der Waals surface area contributed by atoms with E-state index < -0.39 is 0 Å². The number of fused-ring (bicyclic) bond motifs is 1. The third kappa shape index (κ3) is 3.36. The van der Waals surface area contributed by atoms with E-state index in [4.69, 9.17) is 14.5 Å². The standard InChI is InChI=1S/C22H20N4O2/c1-13-5-7-19(23-11-13)21-20(9-14(2)15(3)26-21)28-22-17-10-16(27-4)6-8-18(17)24-12-25-22/h5-12H,1-4H3. The van der Waals surface area contributed by atoms with Crippen LogP contribution < -0.4 is 9.47 Å². The van der Waals surface area contributed by atoms with Crippen LogP contribution in [0.25, 0.3) is 22.3 Å². The summed E-state index contributed by atoms with van der Waals surface area (Å²) in [6.45, 7) is 5.98. The Labute approximate surface area is 163 Å². The van der Waals surface area contributed by atoms with Gasteiger partial charge in [0.15, 0.2) is 5.75 Å². The van der Waals surface area contributed by atoms with Crippen LogP contribution in [-0.2, 0) is 0 Å². The van der Waals surface area contributed by atoms with Crippen molar-refractivity contribution in [1.29, 1.82) is 0 Å². The van der Waals surface area contributed by atoms with Crippen LogP contribution in [0.4, 0.5) is 0 Å². The molecule has 0 N–H and O–H groups in total. The van der Waals surface area contributed by atoms with E-state index in [0.29, 0.717) is 23.1 Å². The van der Waals surface area contributed by atoms with Gasteiger partial charge in [-0.1, -0.05) is 6.07 Å². The van der Waals surface area contributed by atoms with Gasteiger partial charge in [-0.15, -0.1) is 0 Å². The highest BCUT2D eigenvalue weighted by Crippen LogP contribution is 2.35. The van der Waals surface area contributed by atoms with E-state index in [1.807, 2.05) is 63.4 Å². The van der Waals surface area contributed by atoms with Gasteiger partial charge in [-0.2, -0.15) is 0 Å². The van der Waals surface area contributed by atoms with Crippen molar-refractivity contribution in [3.05, 3.63) is 65.7 Å². The van der Waals surface area contributed by atoms with Crippen LogP contribution in [-0.4, -0.2) is 27.0 Å². The summed E-state index contributed by atoms with van der Waals surface area (Å²) in [5.74, 6) is 1.76. The van der Waals surface area contributed by atoms with Crippen molar-refractivity contribution in [2.24, 2.45) is 0 Å². The molecule has 0 radical (unpaired) electrons. The lowest BCUT2D eigenvalue weighted by molar-refractivity contribution is 0.415. The first-order valence-corrected chi connectivity index (χ1v) is 8.93. The van der Waals surface area contributed by atoms with Gasteiger partial charge in [0, 0.05) is 11.9 Å². The van der Waals surface area contributed by atoms with E-state index in [0.717, 1.165) is 33.4 Å². The molecular weight excluding hydrogens is 352 g/mol. The van der Waals surface area contributed by atoms with Crippen LogP contribution >= 0.6 is 0 Å². The monoisotopic (exact) mass is 372 g/mol. The lowest BCUT2D eigenvalue weighted by atomic mass is 10.1. The summed E-state index contributed by atoms with van der Waals surface area (Å²) in [7, 11) is 1.62. The first-order chi connectivity index (χ1) is 13.5. The maximum atomic E-state index is 6.23. The Morgan fingerprint density at radius 1 is 0.893 bits per heavy atom. The van der Waals surface area contributed by atoms with Gasteiger partial charge in [0.2, 0.25) is 5.88 Å². The molecule has 4 rings (SSSR count). The quantitative estimate of drug-likeness (QED) is 0.512. The summed E-state index contributed by atoms with van der Waals surface area (Å²) in [6, 6.07) is 11.5. The highest BCUT2D eigenvalue weighted by Gasteiger charge is 2.15. The molecule has 0 fully saturated rings. The van der Waals surface area contributed by atoms with E-state index in [1.54, 1.807) is 7.11 Å². The second-order valence-corrected chi connectivity index (χ2v) is 6.62.